The van der Waals surface area contributed by atoms with E-state index in [0.29, 0.717) is 30.1 Å². The molecule has 0 radical (unpaired) electrons. The minimum absolute atomic E-state index is 0.257. The average molecular weight is 503 g/mol. The maximum absolute atomic E-state index is 15.2. The summed E-state index contributed by atoms with van der Waals surface area (Å²) in [4.78, 5) is 0. The molecule has 0 aromatic carbocycles. The summed E-state index contributed by atoms with van der Waals surface area (Å²) in [5.41, 5.74) is 0. The Kier molecular flexibility index (Phi) is 8.51. The van der Waals surface area contributed by atoms with E-state index in [4.69, 9.17) is 11.6 Å². The van der Waals surface area contributed by atoms with Crippen molar-refractivity contribution in [3.63, 3.8) is 0 Å². The molecule has 0 aromatic rings. The van der Waals surface area contributed by atoms with Crippen molar-refractivity contribution in [1.29, 1.82) is 0 Å². The lowest BCUT2D eigenvalue weighted by molar-refractivity contribution is -0.358. The van der Waals surface area contributed by atoms with Crippen molar-refractivity contribution in [3.8, 4) is 0 Å². The summed E-state index contributed by atoms with van der Waals surface area (Å²) in [6.45, 7) is 0. The molecule has 5 unspecified atom stereocenters. The number of hydrogen-bond acceptors (Lipinski definition) is 1. The quantitative estimate of drug-likeness (QED) is 0.277. The van der Waals surface area contributed by atoms with Crippen molar-refractivity contribution in [2.24, 2.45) is 35.5 Å². The van der Waals surface area contributed by atoms with Crippen LogP contribution in [0.1, 0.15) is 83.5 Å². The Morgan fingerprint density at radius 1 is 0.545 bits per heavy atom. The average Bonchev–Trinajstić information content (AvgIpc) is 2.76. The van der Waals surface area contributed by atoms with Crippen LogP contribution in [0, 0.1) is 35.5 Å². The second-order valence-electron chi connectivity index (χ2n) is 11.2. The first-order valence-corrected chi connectivity index (χ1v) is 13.3. The molecule has 8 heteroatoms. The SMILES string of the molecule is FC1CC(C2CCC(C3CCC(Cl)CC3)CC2)CCC1C1CC(F)C(OC(F)(F)F)C(F)C1. The van der Waals surface area contributed by atoms with Crippen molar-refractivity contribution in [1.82, 2.24) is 0 Å². The van der Waals surface area contributed by atoms with Crippen LogP contribution < -0.4 is 0 Å². The minimum Gasteiger partial charge on any atom is -0.282 e. The molecule has 4 rings (SSSR count). The van der Waals surface area contributed by atoms with Crippen molar-refractivity contribution in [2.75, 3.05) is 0 Å². The zero-order valence-corrected chi connectivity index (χ0v) is 19.9. The number of rotatable bonds is 4. The van der Waals surface area contributed by atoms with Gasteiger partial charge in [-0.25, -0.2) is 13.2 Å². The first-order chi connectivity index (χ1) is 15.6. The van der Waals surface area contributed by atoms with Gasteiger partial charge in [-0.2, -0.15) is 0 Å². The fraction of sp³-hybridized carbons (Fsp3) is 1.00. The molecule has 0 aromatic heterocycles. The molecule has 1 nitrogen and oxygen atoms in total. The zero-order valence-electron chi connectivity index (χ0n) is 19.1. The van der Waals surface area contributed by atoms with Gasteiger partial charge in [0.15, 0.2) is 0 Å². The number of alkyl halides is 7. The number of hydrogen-bond donors (Lipinski definition) is 0. The Balaban J connectivity index is 1.24. The van der Waals surface area contributed by atoms with Gasteiger partial charge in [-0.15, -0.1) is 24.8 Å². The molecular weight excluding hydrogens is 466 g/mol. The van der Waals surface area contributed by atoms with E-state index in [1.165, 1.54) is 25.7 Å². The predicted molar refractivity (Wildman–Crippen MR) is 116 cm³/mol. The lowest BCUT2D eigenvalue weighted by atomic mass is 9.63. The molecule has 5 atom stereocenters. The van der Waals surface area contributed by atoms with Crippen LogP contribution in [-0.2, 0) is 4.74 Å². The van der Waals surface area contributed by atoms with Gasteiger partial charge in [-0.1, -0.05) is 0 Å². The summed E-state index contributed by atoms with van der Waals surface area (Å²) >= 11 is 6.25. The molecule has 4 aliphatic rings. The van der Waals surface area contributed by atoms with Crippen molar-refractivity contribution in [2.45, 2.75) is 120 Å². The topological polar surface area (TPSA) is 9.23 Å². The van der Waals surface area contributed by atoms with Gasteiger partial charge in [0, 0.05) is 5.38 Å². The molecule has 4 fully saturated rings. The van der Waals surface area contributed by atoms with Gasteiger partial charge in [0.25, 0.3) is 0 Å². The van der Waals surface area contributed by atoms with Crippen LogP contribution >= 0.6 is 11.6 Å². The number of ether oxygens (including phenoxy) is 1. The third-order valence-electron chi connectivity index (χ3n) is 9.36. The van der Waals surface area contributed by atoms with Crippen LogP contribution in [0.4, 0.5) is 26.3 Å². The minimum atomic E-state index is -5.07. The highest BCUT2D eigenvalue weighted by atomic mass is 35.5. The van der Waals surface area contributed by atoms with Crippen LogP contribution in [-0.4, -0.2) is 36.4 Å². The van der Waals surface area contributed by atoms with Gasteiger partial charge in [-0.3, -0.25) is 4.74 Å². The Labute approximate surface area is 198 Å². The molecule has 0 heterocycles. The first kappa shape index (κ1) is 25.9. The van der Waals surface area contributed by atoms with E-state index in [1.54, 1.807) is 0 Å². The van der Waals surface area contributed by atoms with Gasteiger partial charge < -0.3 is 0 Å². The maximum atomic E-state index is 15.2. The molecular formula is C25H37ClF6O. The molecule has 0 saturated heterocycles. The van der Waals surface area contributed by atoms with Gasteiger partial charge in [0.05, 0.1) is 0 Å². The molecule has 4 saturated carbocycles. The highest BCUT2D eigenvalue weighted by Crippen LogP contribution is 2.49. The van der Waals surface area contributed by atoms with Crippen LogP contribution in [0.25, 0.3) is 0 Å². The van der Waals surface area contributed by atoms with Gasteiger partial charge in [0.2, 0.25) is 0 Å². The van der Waals surface area contributed by atoms with E-state index in [1.807, 2.05) is 0 Å². The number of halogens is 7. The summed E-state index contributed by atoms with van der Waals surface area (Å²) < 4.78 is 84.9. The molecule has 33 heavy (non-hydrogen) atoms. The summed E-state index contributed by atoms with van der Waals surface area (Å²) in [5.74, 6) is 1.34. The summed E-state index contributed by atoms with van der Waals surface area (Å²) in [6.07, 6.45) is -1.79. The highest BCUT2D eigenvalue weighted by molar-refractivity contribution is 6.20. The summed E-state index contributed by atoms with van der Waals surface area (Å²) in [6, 6.07) is 0. The van der Waals surface area contributed by atoms with Crippen LogP contribution in [0.2, 0.25) is 0 Å². The van der Waals surface area contributed by atoms with Gasteiger partial charge >= 0.3 is 6.36 Å². The largest absolute Gasteiger partial charge is 0.522 e. The lowest BCUT2D eigenvalue weighted by Gasteiger charge is -2.45. The van der Waals surface area contributed by atoms with Crippen molar-refractivity contribution < 1.29 is 31.1 Å². The van der Waals surface area contributed by atoms with Crippen LogP contribution in [0.3, 0.4) is 0 Å². The highest BCUT2D eigenvalue weighted by Gasteiger charge is 2.49. The van der Waals surface area contributed by atoms with E-state index in [2.05, 4.69) is 4.74 Å². The zero-order chi connectivity index (χ0) is 23.8. The van der Waals surface area contributed by atoms with E-state index in [9.17, 15) is 22.0 Å². The molecule has 4 aliphatic carbocycles. The fourth-order valence-corrected chi connectivity index (χ4v) is 7.84. The molecule has 0 spiro atoms. The van der Waals surface area contributed by atoms with E-state index >= 15 is 4.39 Å². The fourth-order valence-electron chi connectivity index (χ4n) is 7.59. The summed E-state index contributed by atoms with van der Waals surface area (Å²) in [7, 11) is 0. The Bertz CT molecular complexity index is 605. The molecule has 192 valence electrons. The first-order valence-electron chi connectivity index (χ1n) is 12.9. The second kappa shape index (κ2) is 10.8. The Morgan fingerprint density at radius 2 is 0.970 bits per heavy atom. The monoisotopic (exact) mass is 502 g/mol. The third kappa shape index (κ3) is 6.54. The van der Waals surface area contributed by atoms with Crippen molar-refractivity contribution in [3.05, 3.63) is 0 Å². The lowest BCUT2D eigenvalue weighted by Crippen LogP contribution is -2.48. The van der Waals surface area contributed by atoms with E-state index < -0.39 is 42.8 Å². The maximum Gasteiger partial charge on any atom is 0.522 e. The predicted octanol–water partition coefficient (Wildman–Crippen LogP) is 8.34. The molecule has 0 aliphatic heterocycles. The molecule has 0 bridgehead atoms. The van der Waals surface area contributed by atoms with Gasteiger partial charge in [0.1, 0.15) is 24.6 Å². The Hall–Kier alpha value is -0.170. The van der Waals surface area contributed by atoms with E-state index in [0.717, 1.165) is 43.9 Å². The van der Waals surface area contributed by atoms with E-state index in [-0.39, 0.29) is 12.8 Å². The standard InChI is InChI=1S/C25H37ClF6O/c26-19-8-5-15(6-9-19)14-1-3-16(4-2-14)17-7-10-20(21(27)11-17)18-12-22(28)24(23(29)13-18)33-25(30,31)32/h14-24H,1-13H2. The van der Waals surface area contributed by atoms with Crippen LogP contribution in [0.5, 0.6) is 0 Å². The van der Waals surface area contributed by atoms with Gasteiger partial charge in [-0.05, 0) is 119 Å². The Morgan fingerprint density at radius 3 is 1.45 bits per heavy atom. The van der Waals surface area contributed by atoms with Crippen LogP contribution in [0.15, 0.2) is 0 Å². The van der Waals surface area contributed by atoms with Crippen molar-refractivity contribution >= 4 is 11.6 Å². The molecule has 0 N–H and O–H groups in total. The normalized spacial score (nSPS) is 47.9. The second-order valence-corrected chi connectivity index (χ2v) is 11.8. The molecule has 0 amide bonds. The third-order valence-corrected chi connectivity index (χ3v) is 9.79. The smallest absolute Gasteiger partial charge is 0.282 e. The summed E-state index contributed by atoms with van der Waals surface area (Å²) in [5, 5.41) is 0.335.